The maximum atomic E-state index is 12.5. The number of carbonyl (C=O) groups excluding carboxylic acids is 1. The first-order valence-corrected chi connectivity index (χ1v) is 7.24. The highest BCUT2D eigenvalue weighted by atomic mass is 16.3. The second-order valence-electron chi connectivity index (χ2n) is 5.82. The number of hydrogen-bond donors (Lipinski definition) is 2. The van der Waals surface area contributed by atoms with Crippen LogP contribution in [-0.4, -0.2) is 41.1 Å². The van der Waals surface area contributed by atoms with E-state index < -0.39 is 5.60 Å². The van der Waals surface area contributed by atoms with Crippen LogP contribution >= 0.6 is 0 Å². The first-order chi connectivity index (χ1) is 9.93. The molecular formula is C17H22N2O2. The minimum absolute atomic E-state index is 0.0203. The van der Waals surface area contributed by atoms with E-state index in [4.69, 9.17) is 5.73 Å². The van der Waals surface area contributed by atoms with Crippen molar-refractivity contribution >= 4 is 5.91 Å². The Bertz CT molecular complexity index is 587. The summed E-state index contributed by atoms with van der Waals surface area (Å²) in [4.78, 5) is 14.3. The van der Waals surface area contributed by atoms with E-state index >= 15 is 0 Å². The van der Waals surface area contributed by atoms with Crippen molar-refractivity contribution in [1.82, 2.24) is 4.90 Å². The predicted octanol–water partition coefficient (Wildman–Crippen LogP) is 1.29. The summed E-state index contributed by atoms with van der Waals surface area (Å²) < 4.78 is 0. The quantitative estimate of drug-likeness (QED) is 0.765. The van der Waals surface area contributed by atoms with Crippen LogP contribution in [-0.2, 0) is 0 Å². The number of nitrogens with two attached hydrogens (primary N) is 1. The number of aliphatic hydroxyl groups is 1. The molecule has 0 spiro atoms. The summed E-state index contributed by atoms with van der Waals surface area (Å²) in [5.41, 5.74) is 7.28. The van der Waals surface area contributed by atoms with Crippen LogP contribution in [0.4, 0.5) is 0 Å². The number of piperidine rings is 1. The molecule has 1 amide bonds. The molecule has 0 radical (unpaired) electrons. The van der Waals surface area contributed by atoms with E-state index in [9.17, 15) is 9.90 Å². The molecule has 3 N–H and O–H groups in total. The third-order valence-corrected chi connectivity index (χ3v) is 3.93. The van der Waals surface area contributed by atoms with Crippen molar-refractivity contribution in [3.05, 3.63) is 34.9 Å². The molecule has 21 heavy (non-hydrogen) atoms. The highest BCUT2D eigenvalue weighted by molar-refractivity contribution is 5.94. The molecule has 0 unspecified atom stereocenters. The van der Waals surface area contributed by atoms with Crippen LogP contribution in [0.1, 0.15) is 41.3 Å². The summed E-state index contributed by atoms with van der Waals surface area (Å²) in [5, 5.41) is 9.94. The smallest absolute Gasteiger partial charge is 0.253 e. The largest absolute Gasteiger partial charge is 0.390 e. The number of nitrogens with zero attached hydrogens (tertiary/aromatic N) is 1. The topological polar surface area (TPSA) is 66.6 Å². The number of benzene rings is 1. The molecule has 0 aromatic heterocycles. The third-order valence-electron chi connectivity index (χ3n) is 3.93. The van der Waals surface area contributed by atoms with Crippen LogP contribution in [0.2, 0.25) is 0 Å². The fourth-order valence-corrected chi connectivity index (χ4v) is 2.46. The molecule has 0 bridgehead atoms. The second kappa shape index (κ2) is 6.30. The number of amides is 1. The van der Waals surface area contributed by atoms with Crippen LogP contribution in [0, 0.1) is 18.8 Å². The zero-order valence-corrected chi connectivity index (χ0v) is 12.6. The number of aryl methyl sites for hydroxylation is 1. The van der Waals surface area contributed by atoms with Gasteiger partial charge >= 0.3 is 0 Å². The van der Waals surface area contributed by atoms with E-state index in [-0.39, 0.29) is 5.91 Å². The summed E-state index contributed by atoms with van der Waals surface area (Å²) >= 11 is 0. The normalized spacial score (nSPS) is 17.0. The highest BCUT2D eigenvalue weighted by Gasteiger charge is 2.29. The Balaban J connectivity index is 2.12. The van der Waals surface area contributed by atoms with Gasteiger partial charge in [-0.1, -0.05) is 11.8 Å². The first kappa shape index (κ1) is 15.6. The van der Waals surface area contributed by atoms with Crippen molar-refractivity contribution in [2.24, 2.45) is 5.73 Å². The van der Waals surface area contributed by atoms with Gasteiger partial charge in [0.05, 0.1) is 12.1 Å². The number of hydrogen-bond acceptors (Lipinski definition) is 3. The van der Waals surface area contributed by atoms with E-state index in [2.05, 4.69) is 11.8 Å². The van der Waals surface area contributed by atoms with Gasteiger partial charge in [0.1, 0.15) is 0 Å². The minimum Gasteiger partial charge on any atom is -0.390 e. The van der Waals surface area contributed by atoms with Crippen LogP contribution in [0.15, 0.2) is 18.2 Å². The van der Waals surface area contributed by atoms with Gasteiger partial charge in [-0.15, -0.1) is 0 Å². The maximum absolute atomic E-state index is 12.5. The van der Waals surface area contributed by atoms with Crippen LogP contribution < -0.4 is 5.73 Å². The van der Waals surface area contributed by atoms with E-state index in [1.165, 1.54) is 0 Å². The average Bonchev–Trinajstić information content (AvgIpc) is 2.45. The molecule has 1 saturated heterocycles. The zero-order chi connectivity index (χ0) is 15.5. The molecule has 1 aromatic carbocycles. The molecule has 4 nitrogen and oxygen atoms in total. The van der Waals surface area contributed by atoms with Crippen molar-refractivity contribution in [2.45, 2.75) is 32.3 Å². The van der Waals surface area contributed by atoms with Crippen LogP contribution in [0.5, 0.6) is 0 Å². The zero-order valence-electron chi connectivity index (χ0n) is 12.6. The van der Waals surface area contributed by atoms with E-state index in [0.717, 1.165) is 11.1 Å². The monoisotopic (exact) mass is 286 g/mol. The van der Waals surface area contributed by atoms with E-state index in [0.29, 0.717) is 38.0 Å². The van der Waals surface area contributed by atoms with Gasteiger partial charge in [0.25, 0.3) is 5.91 Å². The Morgan fingerprint density at radius 3 is 2.67 bits per heavy atom. The van der Waals surface area contributed by atoms with Gasteiger partial charge in [-0.3, -0.25) is 4.79 Å². The van der Waals surface area contributed by atoms with Gasteiger partial charge in [0.15, 0.2) is 0 Å². The summed E-state index contributed by atoms with van der Waals surface area (Å²) in [6.45, 7) is 5.29. The Kier molecular flexibility index (Phi) is 4.66. The lowest BCUT2D eigenvalue weighted by molar-refractivity contribution is -0.00202. The molecular weight excluding hydrogens is 264 g/mol. The number of likely N-dealkylation sites (tertiary alicyclic amines) is 1. The predicted molar refractivity (Wildman–Crippen MR) is 82.9 cm³/mol. The Labute approximate surface area is 125 Å². The van der Waals surface area contributed by atoms with E-state index in [1.54, 1.807) is 4.90 Å². The fraction of sp³-hybridized carbons (Fsp3) is 0.471. The van der Waals surface area contributed by atoms with Crippen LogP contribution in [0.25, 0.3) is 0 Å². The standard InChI is InChI=1S/C17H22N2O2/c1-13-12-15(6-5-14(13)4-3-9-18)16(20)19-10-7-17(2,21)8-11-19/h5-6,12,21H,7-11,18H2,1-2H3. The molecule has 1 aromatic rings. The van der Waals surface area contributed by atoms with Crippen molar-refractivity contribution < 1.29 is 9.90 Å². The molecule has 1 aliphatic heterocycles. The van der Waals surface area contributed by atoms with Gasteiger partial charge in [-0.2, -0.15) is 0 Å². The lowest BCUT2D eigenvalue weighted by Gasteiger charge is -2.35. The Morgan fingerprint density at radius 2 is 2.10 bits per heavy atom. The van der Waals surface area contributed by atoms with Gasteiger partial charge in [0.2, 0.25) is 0 Å². The maximum Gasteiger partial charge on any atom is 0.253 e. The summed E-state index contributed by atoms with van der Waals surface area (Å²) in [5.74, 6) is 5.84. The molecule has 0 aliphatic carbocycles. The average molecular weight is 286 g/mol. The second-order valence-corrected chi connectivity index (χ2v) is 5.82. The lowest BCUT2D eigenvalue weighted by atomic mass is 9.93. The summed E-state index contributed by atoms with van der Waals surface area (Å²) in [6, 6.07) is 5.55. The molecule has 112 valence electrons. The molecule has 1 aliphatic rings. The lowest BCUT2D eigenvalue weighted by Crippen LogP contribution is -2.45. The first-order valence-electron chi connectivity index (χ1n) is 7.24. The molecule has 2 rings (SSSR count). The SMILES string of the molecule is Cc1cc(C(=O)N2CCC(C)(O)CC2)ccc1C#CCN. The molecule has 1 heterocycles. The van der Waals surface area contributed by atoms with Crippen molar-refractivity contribution in [1.29, 1.82) is 0 Å². The third kappa shape index (κ3) is 3.84. The van der Waals surface area contributed by atoms with Crippen molar-refractivity contribution in [3.63, 3.8) is 0 Å². The fourth-order valence-electron chi connectivity index (χ4n) is 2.46. The number of carbonyl (C=O) groups is 1. The molecule has 0 saturated carbocycles. The molecule has 0 atom stereocenters. The van der Waals surface area contributed by atoms with Crippen molar-refractivity contribution in [2.75, 3.05) is 19.6 Å². The Morgan fingerprint density at radius 1 is 1.43 bits per heavy atom. The summed E-state index contributed by atoms with van der Waals surface area (Å²) in [7, 11) is 0. The van der Waals surface area contributed by atoms with Gasteiger partial charge in [0, 0.05) is 24.2 Å². The molecule has 4 heteroatoms. The minimum atomic E-state index is -0.644. The van der Waals surface area contributed by atoms with Crippen LogP contribution in [0.3, 0.4) is 0 Å². The Hall–Kier alpha value is -1.83. The summed E-state index contributed by atoms with van der Waals surface area (Å²) in [6.07, 6.45) is 1.25. The highest BCUT2D eigenvalue weighted by Crippen LogP contribution is 2.23. The number of rotatable bonds is 1. The van der Waals surface area contributed by atoms with E-state index in [1.807, 2.05) is 32.0 Å². The van der Waals surface area contributed by atoms with Gasteiger partial charge in [-0.05, 0) is 50.5 Å². The van der Waals surface area contributed by atoms with Gasteiger partial charge < -0.3 is 15.7 Å². The van der Waals surface area contributed by atoms with Gasteiger partial charge in [-0.25, -0.2) is 0 Å². The molecule has 1 fully saturated rings. The van der Waals surface area contributed by atoms with Crippen molar-refractivity contribution in [3.8, 4) is 11.8 Å².